The van der Waals surface area contributed by atoms with Crippen LogP contribution in [-0.2, 0) is 11.3 Å². The van der Waals surface area contributed by atoms with Gasteiger partial charge < -0.3 is 14.6 Å². The molecule has 1 N–H and O–H groups in total. The maximum atomic E-state index is 12.1. The number of phenolic OH excluding ortho intramolecular Hbond substituents is 1. The van der Waals surface area contributed by atoms with Gasteiger partial charge in [-0.25, -0.2) is 9.78 Å². The lowest BCUT2D eigenvalue weighted by atomic mass is 10.2. The number of hydrogen-bond donors (Lipinski definition) is 1. The molecular formula is C16H14N2O5S. The number of esters is 1. The minimum absolute atomic E-state index is 0.0147. The third kappa shape index (κ3) is 2.83. The van der Waals surface area contributed by atoms with Crippen molar-refractivity contribution in [3.63, 3.8) is 0 Å². The Labute approximate surface area is 140 Å². The Balaban J connectivity index is 1.81. The molecule has 3 rings (SSSR count). The summed E-state index contributed by atoms with van der Waals surface area (Å²) in [5, 5.41) is 11.8. The van der Waals surface area contributed by atoms with E-state index in [1.54, 1.807) is 6.07 Å². The van der Waals surface area contributed by atoms with Gasteiger partial charge in [-0.2, -0.15) is 0 Å². The monoisotopic (exact) mass is 346 g/mol. The average Bonchev–Trinajstić information content (AvgIpc) is 2.94. The summed E-state index contributed by atoms with van der Waals surface area (Å²) in [5.74, 6) is -0.838. The molecule has 0 atom stereocenters. The molecule has 0 saturated heterocycles. The minimum atomic E-state index is -0.726. The highest BCUT2D eigenvalue weighted by atomic mass is 32.1. The first-order valence-electron chi connectivity index (χ1n) is 7.01. The molecule has 24 heavy (non-hydrogen) atoms. The van der Waals surface area contributed by atoms with Crippen molar-refractivity contribution in [2.24, 2.45) is 0 Å². The molecule has 2 aromatic heterocycles. The van der Waals surface area contributed by atoms with Gasteiger partial charge in [0.1, 0.15) is 12.2 Å². The molecule has 0 spiro atoms. The molecule has 0 aliphatic rings. The molecule has 0 unspecified atom stereocenters. The number of para-hydroxylation sites is 1. The van der Waals surface area contributed by atoms with Crippen LogP contribution in [0.5, 0.6) is 11.5 Å². The first-order valence-corrected chi connectivity index (χ1v) is 7.89. The van der Waals surface area contributed by atoms with E-state index in [1.165, 1.54) is 41.0 Å². The van der Waals surface area contributed by atoms with Crippen LogP contribution in [0.15, 0.2) is 34.4 Å². The van der Waals surface area contributed by atoms with E-state index in [9.17, 15) is 14.7 Å². The number of hydrogen-bond acceptors (Lipinski definition) is 7. The highest BCUT2D eigenvalue weighted by molar-refractivity contribution is 7.15. The number of phenols is 1. The Morgan fingerprint density at radius 1 is 1.42 bits per heavy atom. The van der Waals surface area contributed by atoms with Crippen molar-refractivity contribution < 1.29 is 19.4 Å². The zero-order valence-electron chi connectivity index (χ0n) is 13.0. The highest BCUT2D eigenvalue weighted by Crippen LogP contribution is 2.29. The predicted molar refractivity (Wildman–Crippen MR) is 87.9 cm³/mol. The molecule has 0 amide bonds. The van der Waals surface area contributed by atoms with E-state index in [2.05, 4.69) is 4.98 Å². The number of aromatic hydroxyl groups is 1. The summed E-state index contributed by atoms with van der Waals surface area (Å²) in [7, 11) is 1.39. The largest absolute Gasteiger partial charge is 0.504 e. The lowest BCUT2D eigenvalue weighted by Crippen LogP contribution is -2.16. The fourth-order valence-electron chi connectivity index (χ4n) is 2.24. The van der Waals surface area contributed by atoms with E-state index in [0.717, 1.165) is 5.69 Å². The maximum absolute atomic E-state index is 12.1. The number of rotatable bonds is 4. The summed E-state index contributed by atoms with van der Waals surface area (Å²) < 4.78 is 11.6. The van der Waals surface area contributed by atoms with Gasteiger partial charge in [0, 0.05) is 17.1 Å². The van der Waals surface area contributed by atoms with Crippen LogP contribution in [0.25, 0.3) is 4.96 Å². The third-order valence-electron chi connectivity index (χ3n) is 3.42. The van der Waals surface area contributed by atoms with Gasteiger partial charge in [-0.05, 0) is 19.1 Å². The first kappa shape index (κ1) is 16.0. The van der Waals surface area contributed by atoms with Crippen molar-refractivity contribution in [2.75, 3.05) is 7.11 Å². The van der Waals surface area contributed by atoms with Crippen LogP contribution < -0.4 is 10.3 Å². The first-order chi connectivity index (χ1) is 11.5. The number of carbonyl (C=O) groups excluding carboxylic acids is 1. The molecule has 3 aromatic rings. The normalized spacial score (nSPS) is 10.8. The van der Waals surface area contributed by atoms with Crippen LogP contribution in [0.2, 0.25) is 0 Å². The predicted octanol–water partition coefficient (Wildman–Crippen LogP) is 2.14. The summed E-state index contributed by atoms with van der Waals surface area (Å²) in [6.07, 6.45) is 0. The topological polar surface area (TPSA) is 90.1 Å². The summed E-state index contributed by atoms with van der Waals surface area (Å²) in [6, 6.07) is 5.85. The number of ether oxygens (including phenoxy) is 2. The van der Waals surface area contributed by atoms with E-state index in [4.69, 9.17) is 9.47 Å². The molecule has 7 nitrogen and oxygen atoms in total. The number of aromatic nitrogens is 2. The van der Waals surface area contributed by atoms with Crippen LogP contribution in [0.1, 0.15) is 21.7 Å². The molecule has 0 saturated carbocycles. The number of fused-ring (bicyclic) bond motifs is 1. The molecule has 124 valence electrons. The second kappa shape index (κ2) is 6.32. The smallest absolute Gasteiger partial charge is 0.342 e. The Kier molecular flexibility index (Phi) is 4.22. The molecule has 0 aliphatic carbocycles. The molecule has 1 aromatic carbocycles. The number of methoxy groups -OCH3 is 1. The molecule has 0 aliphatic heterocycles. The Morgan fingerprint density at radius 2 is 2.21 bits per heavy atom. The van der Waals surface area contributed by atoms with Crippen molar-refractivity contribution in [2.45, 2.75) is 13.5 Å². The molecule has 0 bridgehead atoms. The Morgan fingerprint density at radius 3 is 2.96 bits per heavy atom. The van der Waals surface area contributed by atoms with Crippen LogP contribution in [0.4, 0.5) is 0 Å². The van der Waals surface area contributed by atoms with E-state index in [-0.39, 0.29) is 29.2 Å². The lowest BCUT2D eigenvalue weighted by molar-refractivity contribution is 0.0464. The molecule has 2 heterocycles. The zero-order valence-corrected chi connectivity index (χ0v) is 13.8. The van der Waals surface area contributed by atoms with Gasteiger partial charge in [0.15, 0.2) is 16.5 Å². The highest BCUT2D eigenvalue weighted by Gasteiger charge is 2.17. The van der Waals surface area contributed by atoms with Gasteiger partial charge >= 0.3 is 5.97 Å². The van der Waals surface area contributed by atoms with Crippen molar-refractivity contribution in [1.82, 2.24) is 9.38 Å². The number of carbonyl (C=O) groups is 1. The van der Waals surface area contributed by atoms with Crippen LogP contribution >= 0.6 is 11.3 Å². The number of benzene rings is 1. The second-order valence-electron chi connectivity index (χ2n) is 5.01. The van der Waals surface area contributed by atoms with Crippen molar-refractivity contribution in [3.8, 4) is 11.5 Å². The third-order valence-corrected chi connectivity index (χ3v) is 4.36. The van der Waals surface area contributed by atoms with Gasteiger partial charge in [0.05, 0.1) is 12.8 Å². The summed E-state index contributed by atoms with van der Waals surface area (Å²) >= 11 is 1.34. The quantitative estimate of drug-likeness (QED) is 0.728. The van der Waals surface area contributed by atoms with Crippen molar-refractivity contribution >= 4 is 22.3 Å². The van der Waals surface area contributed by atoms with E-state index < -0.39 is 5.97 Å². The zero-order chi connectivity index (χ0) is 17.3. The van der Waals surface area contributed by atoms with Gasteiger partial charge in [0.25, 0.3) is 5.56 Å². The number of thiazole rings is 1. The summed E-state index contributed by atoms with van der Waals surface area (Å²) in [5.41, 5.74) is 0.906. The lowest BCUT2D eigenvalue weighted by Gasteiger charge is -2.08. The van der Waals surface area contributed by atoms with Crippen molar-refractivity contribution in [3.05, 3.63) is 57.0 Å². The average molecular weight is 346 g/mol. The van der Waals surface area contributed by atoms with E-state index in [1.807, 2.05) is 12.3 Å². The number of nitrogens with zero attached hydrogens (tertiary/aromatic N) is 2. The Bertz CT molecular complexity index is 976. The Hall–Kier alpha value is -2.87. The number of aryl methyl sites for hydroxylation is 1. The molecule has 8 heteroatoms. The minimum Gasteiger partial charge on any atom is -0.504 e. The molecule has 0 radical (unpaired) electrons. The van der Waals surface area contributed by atoms with Gasteiger partial charge in [-0.3, -0.25) is 9.20 Å². The van der Waals surface area contributed by atoms with Gasteiger partial charge in [-0.1, -0.05) is 6.07 Å². The summed E-state index contributed by atoms with van der Waals surface area (Å²) in [4.78, 5) is 29.0. The van der Waals surface area contributed by atoms with E-state index in [0.29, 0.717) is 10.7 Å². The molecule has 0 fully saturated rings. The van der Waals surface area contributed by atoms with Crippen molar-refractivity contribution in [1.29, 1.82) is 0 Å². The fraction of sp³-hybridized carbons (Fsp3) is 0.188. The SMILES string of the molecule is COc1cccc(C(=O)OCc2cc(=O)n3c(C)csc3n2)c1O. The van der Waals surface area contributed by atoms with Crippen LogP contribution in [0, 0.1) is 6.92 Å². The van der Waals surface area contributed by atoms with Crippen LogP contribution in [-0.4, -0.2) is 27.6 Å². The van der Waals surface area contributed by atoms with Gasteiger partial charge in [0.2, 0.25) is 0 Å². The standard InChI is InChI=1S/C16H14N2O5S/c1-9-8-24-16-17-10(6-13(19)18(9)16)7-23-15(21)11-4-3-5-12(22-2)14(11)20/h3-6,8,20H,7H2,1-2H3. The van der Waals surface area contributed by atoms with E-state index >= 15 is 0 Å². The molecular weight excluding hydrogens is 332 g/mol. The second-order valence-corrected chi connectivity index (χ2v) is 5.85. The maximum Gasteiger partial charge on any atom is 0.342 e. The fourth-order valence-corrected chi connectivity index (χ4v) is 3.13. The van der Waals surface area contributed by atoms with Crippen LogP contribution in [0.3, 0.4) is 0 Å². The van der Waals surface area contributed by atoms with Gasteiger partial charge in [-0.15, -0.1) is 11.3 Å². The summed E-state index contributed by atoms with van der Waals surface area (Å²) in [6.45, 7) is 1.65.